The van der Waals surface area contributed by atoms with Crippen LogP contribution in [-0.2, 0) is 20.8 Å². The summed E-state index contributed by atoms with van der Waals surface area (Å²) < 4.78 is 17.3. The molecule has 4 heterocycles. The first-order valence-corrected chi connectivity index (χ1v) is 10.5. The highest BCUT2D eigenvalue weighted by molar-refractivity contribution is 7.19. The SMILES string of the molecule is COCc1nc2ccnc(Nc3cc([C@H]4C[C@@H](OC(=O)NC(C)C)CO4)[nH]n3)c2s1. The van der Waals surface area contributed by atoms with E-state index >= 15 is 0 Å². The molecule has 10 nitrogen and oxygen atoms in total. The minimum atomic E-state index is -0.428. The summed E-state index contributed by atoms with van der Waals surface area (Å²) >= 11 is 1.53. The van der Waals surface area contributed by atoms with Crippen LogP contribution in [0.25, 0.3) is 10.2 Å². The fourth-order valence-corrected chi connectivity index (χ4v) is 4.16. The number of methoxy groups -OCH3 is 1. The van der Waals surface area contributed by atoms with Gasteiger partial charge in [-0.3, -0.25) is 5.10 Å². The third-order valence-electron chi connectivity index (χ3n) is 4.45. The number of ether oxygens (including phenoxy) is 3. The second kappa shape index (κ2) is 8.94. The maximum Gasteiger partial charge on any atom is 0.407 e. The van der Waals surface area contributed by atoms with Gasteiger partial charge in [-0.25, -0.2) is 14.8 Å². The number of H-pyrrole nitrogens is 1. The van der Waals surface area contributed by atoms with Crippen LogP contribution in [0, 0.1) is 0 Å². The zero-order chi connectivity index (χ0) is 21.1. The quantitative estimate of drug-likeness (QED) is 0.520. The number of aromatic nitrogens is 4. The average Bonchev–Trinajstić information content (AvgIpc) is 3.41. The minimum Gasteiger partial charge on any atom is -0.444 e. The summed E-state index contributed by atoms with van der Waals surface area (Å²) in [7, 11) is 1.65. The molecule has 0 radical (unpaired) electrons. The normalized spacial score (nSPS) is 18.8. The maximum atomic E-state index is 11.8. The minimum absolute atomic E-state index is 0.0269. The van der Waals surface area contributed by atoms with E-state index in [0.29, 0.717) is 31.3 Å². The first kappa shape index (κ1) is 20.5. The number of hydrogen-bond donors (Lipinski definition) is 3. The number of thiazole rings is 1. The zero-order valence-electron chi connectivity index (χ0n) is 17.0. The summed E-state index contributed by atoms with van der Waals surface area (Å²) in [5, 5.41) is 14.1. The molecule has 2 atom stereocenters. The molecule has 0 unspecified atom stereocenters. The number of pyridine rings is 1. The Kier molecular flexibility index (Phi) is 6.11. The third-order valence-corrected chi connectivity index (χ3v) is 5.50. The molecule has 0 saturated carbocycles. The van der Waals surface area contributed by atoms with Gasteiger partial charge in [-0.05, 0) is 19.9 Å². The Balaban J connectivity index is 1.40. The van der Waals surface area contributed by atoms with E-state index < -0.39 is 6.09 Å². The van der Waals surface area contributed by atoms with Crippen molar-refractivity contribution in [1.82, 2.24) is 25.5 Å². The molecule has 1 aliphatic heterocycles. The van der Waals surface area contributed by atoms with Crippen molar-refractivity contribution in [1.29, 1.82) is 0 Å². The van der Waals surface area contributed by atoms with Crippen LogP contribution in [0.15, 0.2) is 18.3 Å². The molecule has 0 aliphatic carbocycles. The summed E-state index contributed by atoms with van der Waals surface area (Å²) in [6.45, 7) is 4.58. The molecular formula is C19H24N6O4S. The highest BCUT2D eigenvalue weighted by Crippen LogP contribution is 2.32. The molecule has 1 aliphatic rings. The molecule has 11 heteroatoms. The molecule has 0 spiro atoms. The fourth-order valence-electron chi connectivity index (χ4n) is 3.18. The monoisotopic (exact) mass is 432 g/mol. The van der Waals surface area contributed by atoms with Crippen LogP contribution < -0.4 is 10.6 Å². The maximum absolute atomic E-state index is 11.8. The van der Waals surface area contributed by atoms with Crippen molar-refractivity contribution in [2.45, 2.75) is 45.1 Å². The van der Waals surface area contributed by atoms with Crippen molar-refractivity contribution < 1.29 is 19.0 Å². The molecular weight excluding hydrogens is 408 g/mol. The summed E-state index contributed by atoms with van der Waals surface area (Å²) in [6, 6.07) is 3.77. The van der Waals surface area contributed by atoms with Gasteiger partial charge in [0.25, 0.3) is 0 Å². The van der Waals surface area contributed by atoms with E-state index in [4.69, 9.17) is 14.2 Å². The first-order valence-electron chi connectivity index (χ1n) is 9.66. The molecule has 160 valence electrons. The highest BCUT2D eigenvalue weighted by atomic mass is 32.1. The number of nitrogens with one attached hydrogen (secondary N) is 3. The lowest BCUT2D eigenvalue weighted by Gasteiger charge is -2.13. The number of amides is 1. The Hall–Kier alpha value is -2.76. The number of rotatable bonds is 7. The predicted molar refractivity (Wildman–Crippen MR) is 112 cm³/mol. The number of nitrogens with zero attached hydrogens (tertiary/aromatic N) is 3. The van der Waals surface area contributed by atoms with Gasteiger partial charge < -0.3 is 24.8 Å². The summed E-state index contributed by atoms with van der Waals surface area (Å²) in [6.07, 6.45) is 1.34. The van der Waals surface area contributed by atoms with Crippen molar-refractivity contribution in [3.63, 3.8) is 0 Å². The third kappa shape index (κ3) is 4.69. The van der Waals surface area contributed by atoms with E-state index in [1.54, 1.807) is 13.3 Å². The molecule has 1 saturated heterocycles. The van der Waals surface area contributed by atoms with E-state index in [1.807, 2.05) is 26.0 Å². The van der Waals surface area contributed by atoms with E-state index in [-0.39, 0.29) is 18.2 Å². The largest absolute Gasteiger partial charge is 0.444 e. The lowest BCUT2D eigenvalue weighted by Crippen LogP contribution is -2.33. The van der Waals surface area contributed by atoms with E-state index in [1.165, 1.54) is 11.3 Å². The van der Waals surface area contributed by atoms with Crippen molar-refractivity contribution in [3.05, 3.63) is 29.0 Å². The van der Waals surface area contributed by atoms with E-state index in [0.717, 1.165) is 20.9 Å². The van der Waals surface area contributed by atoms with Gasteiger partial charge in [-0.1, -0.05) is 0 Å². The Morgan fingerprint density at radius 3 is 3.13 bits per heavy atom. The lowest BCUT2D eigenvalue weighted by atomic mass is 10.1. The number of carbonyl (C=O) groups excluding carboxylic acids is 1. The van der Waals surface area contributed by atoms with E-state index in [2.05, 4.69) is 30.8 Å². The van der Waals surface area contributed by atoms with Crippen LogP contribution in [0.5, 0.6) is 0 Å². The number of anilines is 2. The number of hydrogen-bond acceptors (Lipinski definition) is 9. The number of carbonyl (C=O) groups is 1. The molecule has 4 rings (SSSR count). The predicted octanol–water partition coefficient (Wildman–Crippen LogP) is 3.27. The Labute approximate surface area is 177 Å². The van der Waals surface area contributed by atoms with Gasteiger partial charge in [0.1, 0.15) is 17.2 Å². The molecule has 0 bridgehead atoms. The van der Waals surface area contributed by atoms with Gasteiger partial charge in [0.15, 0.2) is 11.6 Å². The van der Waals surface area contributed by atoms with E-state index in [9.17, 15) is 4.79 Å². The lowest BCUT2D eigenvalue weighted by molar-refractivity contribution is 0.0682. The molecule has 3 N–H and O–H groups in total. The fraction of sp³-hybridized carbons (Fsp3) is 0.474. The van der Waals surface area contributed by atoms with Gasteiger partial charge in [-0.2, -0.15) is 5.10 Å². The Morgan fingerprint density at radius 2 is 2.33 bits per heavy atom. The van der Waals surface area contributed by atoms with Gasteiger partial charge in [-0.15, -0.1) is 11.3 Å². The number of aromatic amines is 1. The van der Waals surface area contributed by atoms with Crippen LogP contribution in [0.1, 0.15) is 37.1 Å². The smallest absolute Gasteiger partial charge is 0.407 e. The first-order chi connectivity index (χ1) is 14.5. The second-order valence-corrected chi connectivity index (χ2v) is 8.35. The zero-order valence-corrected chi connectivity index (χ0v) is 17.8. The Morgan fingerprint density at radius 1 is 1.47 bits per heavy atom. The van der Waals surface area contributed by atoms with Crippen LogP contribution in [-0.4, -0.2) is 52.1 Å². The highest BCUT2D eigenvalue weighted by Gasteiger charge is 2.31. The van der Waals surface area contributed by atoms with Crippen molar-refractivity contribution >= 4 is 39.3 Å². The van der Waals surface area contributed by atoms with Crippen LogP contribution >= 0.6 is 11.3 Å². The molecule has 1 fully saturated rings. The van der Waals surface area contributed by atoms with Crippen molar-refractivity contribution in [2.24, 2.45) is 0 Å². The summed E-state index contributed by atoms with van der Waals surface area (Å²) in [5.74, 6) is 1.31. The number of fused-ring (bicyclic) bond motifs is 1. The molecule has 3 aromatic heterocycles. The average molecular weight is 433 g/mol. The topological polar surface area (TPSA) is 123 Å². The van der Waals surface area contributed by atoms with Gasteiger partial charge in [0, 0.05) is 31.8 Å². The van der Waals surface area contributed by atoms with Gasteiger partial charge in [0.05, 0.1) is 29.1 Å². The van der Waals surface area contributed by atoms with Gasteiger partial charge in [0.2, 0.25) is 0 Å². The van der Waals surface area contributed by atoms with Crippen LogP contribution in [0.2, 0.25) is 0 Å². The summed E-state index contributed by atoms with van der Waals surface area (Å²) in [4.78, 5) is 20.7. The second-order valence-electron chi connectivity index (χ2n) is 7.27. The molecule has 0 aromatic carbocycles. The van der Waals surface area contributed by atoms with Crippen LogP contribution in [0.4, 0.5) is 16.4 Å². The van der Waals surface area contributed by atoms with Gasteiger partial charge >= 0.3 is 6.09 Å². The summed E-state index contributed by atoms with van der Waals surface area (Å²) in [5.41, 5.74) is 1.67. The van der Waals surface area contributed by atoms with Crippen molar-refractivity contribution in [2.75, 3.05) is 19.0 Å². The standard InChI is InChI=1S/C19H24N6O4S/c1-10(2)21-19(26)29-11-6-14(28-8-11)13-7-15(25-24-13)23-18-17-12(4-5-20-18)22-16(30-17)9-27-3/h4-5,7,10-11,14H,6,8-9H2,1-3H3,(H,21,26)(H2,20,23,24,25)/t11-,14-/m1/s1. The van der Waals surface area contributed by atoms with Crippen molar-refractivity contribution in [3.8, 4) is 0 Å². The number of alkyl carbamates (subject to hydrolysis) is 1. The molecule has 1 amide bonds. The molecule has 3 aromatic rings. The molecule has 30 heavy (non-hydrogen) atoms. The Bertz CT molecular complexity index is 1020. The van der Waals surface area contributed by atoms with Crippen LogP contribution in [0.3, 0.4) is 0 Å².